The van der Waals surface area contributed by atoms with E-state index in [1.807, 2.05) is 41.2 Å². The third-order valence-corrected chi connectivity index (χ3v) is 4.85. The van der Waals surface area contributed by atoms with Crippen LogP contribution in [0.4, 0.5) is 0 Å². The van der Waals surface area contributed by atoms with Crippen LogP contribution in [0.1, 0.15) is 23.2 Å². The van der Waals surface area contributed by atoms with Gasteiger partial charge in [0.15, 0.2) is 5.13 Å². The molecule has 1 fully saturated rings. The summed E-state index contributed by atoms with van der Waals surface area (Å²) in [7, 11) is 0. The van der Waals surface area contributed by atoms with E-state index in [0.29, 0.717) is 11.6 Å². The van der Waals surface area contributed by atoms with Gasteiger partial charge in [-0.15, -0.1) is 0 Å². The minimum atomic E-state index is -0.251. The lowest BCUT2D eigenvalue weighted by Crippen LogP contribution is -2.37. The molecular formula is C17H16N4O2S. The number of carbonyl (C=O) groups is 2. The van der Waals surface area contributed by atoms with Gasteiger partial charge < -0.3 is 15.2 Å². The van der Waals surface area contributed by atoms with Crippen LogP contribution in [0.15, 0.2) is 42.7 Å². The van der Waals surface area contributed by atoms with Gasteiger partial charge in [-0.2, -0.15) is 0 Å². The number of nitrogens with one attached hydrogen (secondary N) is 2. The van der Waals surface area contributed by atoms with Crippen LogP contribution >= 0.6 is 11.3 Å². The SMILES string of the molecule is O=C(CNC(=O)c1ccc2nc(-n3cccc3)sc2c1)NC1CC1. The van der Waals surface area contributed by atoms with Crippen LogP contribution in [-0.4, -0.2) is 34.0 Å². The highest BCUT2D eigenvalue weighted by Crippen LogP contribution is 2.26. The van der Waals surface area contributed by atoms with E-state index in [4.69, 9.17) is 0 Å². The van der Waals surface area contributed by atoms with Gasteiger partial charge in [-0.1, -0.05) is 11.3 Å². The normalized spacial score (nSPS) is 13.8. The Balaban J connectivity index is 1.47. The lowest BCUT2D eigenvalue weighted by molar-refractivity contribution is -0.120. The van der Waals surface area contributed by atoms with Crippen molar-refractivity contribution < 1.29 is 9.59 Å². The first-order valence-electron chi connectivity index (χ1n) is 7.80. The second-order valence-corrected chi connectivity index (χ2v) is 6.80. The molecule has 2 N–H and O–H groups in total. The van der Waals surface area contributed by atoms with E-state index in [2.05, 4.69) is 15.6 Å². The molecule has 1 aliphatic carbocycles. The van der Waals surface area contributed by atoms with Crippen LogP contribution in [-0.2, 0) is 4.79 Å². The Bertz CT molecular complexity index is 897. The molecule has 1 aliphatic rings. The van der Waals surface area contributed by atoms with Gasteiger partial charge in [0.2, 0.25) is 5.91 Å². The molecule has 0 saturated heterocycles. The van der Waals surface area contributed by atoms with Crippen LogP contribution in [0.2, 0.25) is 0 Å². The highest BCUT2D eigenvalue weighted by atomic mass is 32.1. The van der Waals surface area contributed by atoms with Crippen molar-refractivity contribution in [3.8, 4) is 5.13 Å². The molecule has 1 saturated carbocycles. The van der Waals surface area contributed by atoms with Gasteiger partial charge in [0.25, 0.3) is 5.91 Å². The van der Waals surface area contributed by atoms with Crippen LogP contribution in [0, 0.1) is 0 Å². The monoisotopic (exact) mass is 340 g/mol. The molecule has 2 heterocycles. The predicted molar refractivity (Wildman–Crippen MR) is 92.4 cm³/mol. The number of amides is 2. The van der Waals surface area contributed by atoms with Crippen molar-refractivity contribution in [3.05, 3.63) is 48.3 Å². The first kappa shape index (κ1) is 14.9. The number of rotatable bonds is 5. The van der Waals surface area contributed by atoms with Crippen molar-refractivity contribution in [1.82, 2.24) is 20.2 Å². The summed E-state index contributed by atoms with van der Waals surface area (Å²) in [6.45, 7) is 0.00464. The van der Waals surface area contributed by atoms with Gasteiger partial charge in [-0.25, -0.2) is 4.98 Å². The molecule has 0 atom stereocenters. The fourth-order valence-electron chi connectivity index (χ4n) is 2.40. The minimum Gasteiger partial charge on any atom is -0.352 e. The molecule has 4 rings (SSSR count). The summed E-state index contributed by atoms with van der Waals surface area (Å²) in [5.74, 6) is -0.390. The fraction of sp³-hybridized carbons (Fsp3) is 0.235. The molecule has 0 spiro atoms. The zero-order valence-corrected chi connectivity index (χ0v) is 13.7. The summed E-state index contributed by atoms with van der Waals surface area (Å²) in [5.41, 5.74) is 1.39. The van der Waals surface area contributed by atoms with Crippen LogP contribution in [0.25, 0.3) is 15.3 Å². The number of hydrogen-bond donors (Lipinski definition) is 2. The van der Waals surface area contributed by atoms with Crippen molar-refractivity contribution in [2.24, 2.45) is 0 Å². The molecule has 0 unspecified atom stereocenters. The van der Waals surface area contributed by atoms with Crippen LogP contribution in [0.5, 0.6) is 0 Å². The summed E-state index contributed by atoms with van der Waals surface area (Å²) in [4.78, 5) is 28.4. The molecule has 2 aromatic heterocycles. The molecule has 2 amide bonds. The maximum Gasteiger partial charge on any atom is 0.251 e. The van der Waals surface area contributed by atoms with Gasteiger partial charge in [0, 0.05) is 24.0 Å². The molecule has 122 valence electrons. The molecule has 24 heavy (non-hydrogen) atoms. The number of carbonyl (C=O) groups excluding carboxylic acids is 2. The molecular weight excluding hydrogens is 324 g/mol. The molecule has 7 heteroatoms. The van der Waals surface area contributed by atoms with Crippen molar-refractivity contribution in [2.45, 2.75) is 18.9 Å². The minimum absolute atomic E-state index is 0.00464. The molecule has 1 aromatic carbocycles. The van der Waals surface area contributed by atoms with Gasteiger partial charge in [0.05, 0.1) is 16.8 Å². The van der Waals surface area contributed by atoms with Gasteiger partial charge in [0.1, 0.15) is 0 Å². The highest BCUT2D eigenvalue weighted by molar-refractivity contribution is 7.20. The van der Waals surface area contributed by atoms with E-state index >= 15 is 0 Å². The van der Waals surface area contributed by atoms with E-state index in [-0.39, 0.29) is 18.4 Å². The fourth-order valence-corrected chi connectivity index (χ4v) is 3.37. The Morgan fingerprint density at radius 2 is 2.04 bits per heavy atom. The topological polar surface area (TPSA) is 76.0 Å². The summed E-state index contributed by atoms with van der Waals surface area (Å²) in [5, 5.41) is 6.36. The molecule has 0 radical (unpaired) electrons. The maximum absolute atomic E-state index is 12.2. The maximum atomic E-state index is 12.2. The Labute approximate surface area is 142 Å². The Morgan fingerprint density at radius 1 is 1.25 bits per heavy atom. The van der Waals surface area contributed by atoms with E-state index in [0.717, 1.165) is 28.2 Å². The van der Waals surface area contributed by atoms with E-state index in [1.54, 1.807) is 6.07 Å². The van der Waals surface area contributed by atoms with E-state index < -0.39 is 0 Å². The smallest absolute Gasteiger partial charge is 0.251 e. The van der Waals surface area contributed by atoms with Crippen molar-refractivity contribution in [1.29, 1.82) is 0 Å². The summed E-state index contributed by atoms with van der Waals surface area (Å²) < 4.78 is 2.88. The summed E-state index contributed by atoms with van der Waals surface area (Å²) in [6.07, 6.45) is 5.94. The summed E-state index contributed by atoms with van der Waals surface area (Å²) >= 11 is 1.52. The largest absolute Gasteiger partial charge is 0.352 e. The van der Waals surface area contributed by atoms with Gasteiger partial charge in [-0.3, -0.25) is 9.59 Å². The van der Waals surface area contributed by atoms with E-state index in [1.165, 1.54) is 11.3 Å². The Hall–Kier alpha value is -2.67. The first-order valence-corrected chi connectivity index (χ1v) is 8.62. The number of hydrogen-bond acceptors (Lipinski definition) is 4. The van der Waals surface area contributed by atoms with Gasteiger partial charge in [-0.05, 0) is 43.2 Å². The van der Waals surface area contributed by atoms with Crippen molar-refractivity contribution in [3.63, 3.8) is 0 Å². The number of aromatic nitrogens is 2. The van der Waals surface area contributed by atoms with Crippen LogP contribution in [0.3, 0.4) is 0 Å². The zero-order valence-electron chi connectivity index (χ0n) is 12.9. The Morgan fingerprint density at radius 3 is 2.79 bits per heavy atom. The number of fused-ring (bicyclic) bond motifs is 1. The third kappa shape index (κ3) is 3.16. The van der Waals surface area contributed by atoms with Gasteiger partial charge >= 0.3 is 0 Å². The second kappa shape index (κ2) is 6.09. The standard InChI is InChI=1S/C17H16N4O2S/c22-15(19-12-4-5-12)10-18-16(23)11-3-6-13-14(9-11)24-17(20-13)21-7-1-2-8-21/h1-3,6-9,12H,4-5,10H2,(H,18,23)(H,19,22). The quantitative estimate of drug-likeness (QED) is 0.747. The molecule has 0 bridgehead atoms. The predicted octanol–water partition coefficient (Wildman–Crippen LogP) is 2.10. The molecule has 3 aromatic rings. The average molecular weight is 340 g/mol. The lowest BCUT2D eigenvalue weighted by Gasteiger charge is -2.05. The third-order valence-electron chi connectivity index (χ3n) is 3.82. The molecule has 6 nitrogen and oxygen atoms in total. The number of thiazole rings is 1. The first-order chi connectivity index (χ1) is 11.7. The Kier molecular flexibility index (Phi) is 3.78. The number of nitrogens with zero attached hydrogens (tertiary/aromatic N) is 2. The highest BCUT2D eigenvalue weighted by Gasteiger charge is 2.23. The van der Waals surface area contributed by atoms with Crippen molar-refractivity contribution >= 4 is 33.4 Å². The zero-order chi connectivity index (χ0) is 16.5. The second-order valence-electron chi connectivity index (χ2n) is 5.79. The van der Waals surface area contributed by atoms with Crippen molar-refractivity contribution in [2.75, 3.05) is 6.54 Å². The van der Waals surface area contributed by atoms with E-state index in [9.17, 15) is 9.59 Å². The average Bonchev–Trinajstić information content (AvgIpc) is 3.08. The van der Waals surface area contributed by atoms with Crippen LogP contribution < -0.4 is 10.6 Å². The number of benzene rings is 1. The lowest BCUT2D eigenvalue weighted by atomic mass is 10.2. The summed E-state index contributed by atoms with van der Waals surface area (Å²) in [6, 6.07) is 9.56. The molecule has 0 aliphatic heterocycles.